The van der Waals surface area contributed by atoms with Crippen LogP contribution in [-0.4, -0.2) is 27.8 Å². The topological polar surface area (TPSA) is 71.9 Å². The maximum atomic E-state index is 12.5. The number of amides is 1. The van der Waals surface area contributed by atoms with Crippen molar-refractivity contribution in [1.82, 2.24) is 14.8 Å². The van der Waals surface area contributed by atoms with E-state index in [4.69, 9.17) is 4.74 Å². The third-order valence-corrected chi connectivity index (χ3v) is 5.16. The number of ether oxygens (including phenoxy) is 1. The van der Waals surface area contributed by atoms with Crippen LogP contribution in [0.5, 0.6) is 5.75 Å². The van der Waals surface area contributed by atoms with Gasteiger partial charge in [-0.1, -0.05) is 25.1 Å². The Morgan fingerprint density at radius 1 is 1.14 bits per heavy atom. The number of nitrogens with zero attached hydrogens (tertiary/aromatic N) is 2. The van der Waals surface area contributed by atoms with Crippen LogP contribution < -0.4 is 10.1 Å². The van der Waals surface area contributed by atoms with Crippen LogP contribution in [-0.2, 0) is 13.0 Å². The van der Waals surface area contributed by atoms with Gasteiger partial charge in [0.2, 0.25) is 0 Å². The number of fused-ring (bicyclic) bond motifs is 1. The van der Waals surface area contributed by atoms with E-state index < -0.39 is 0 Å². The number of nitrogens with one attached hydrogen (secondary N) is 2. The second-order valence-corrected chi connectivity index (χ2v) is 6.84. The van der Waals surface area contributed by atoms with E-state index >= 15 is 0 Å². The molecule has 4 aromatic rings. The van der Waals surface area contributed by atoms with Gasteiger partial charge < -0.3 is 14.6 Å². The van der Waals surface area contributed by atoms with Crippen molar-refractivity contribution in [2.24, 2.45) is 0 Å². The van der Waals surface area contributed by atoms with Gasteiger partial charge in [-0.05, 0) is 49.2 Å². The number of rotatable bonds is 6. The Morgan fingerprint density at radius 2 is 1.93 bits per heavy atom. The van der Waals surface area contributed by atoms with E-state index in [2.05, 4.69) is 46.1 Å². The Morgan fingerprint density at radius 3 is 2.62 bits per heavy atom. The van der Waals surface area contributed by atoms with Crippen LogP contribution in [0.25, 0.3) is 22.3 Å². The fourth-order valence-corrected chi connectivity index (χ4v) is 3.60. The molecular weight excluding hydrogens is 364 g/mol. The van der Waals surface area contributed by atoms with Gasteiger partial charge in [0.25, 0.3) is 5.91 Å². The molecule has 2 N–H and O–H groups in total. The van der Waals surface area contributed by atoms with Crippen molar-refractivity contribution in [3.8, 4) is 17.1 Å². The van der Waals surface area contributed by atoms with Crippen molar-refractivity contribution in [2.45, 2.75) is 26.8 Å². The molecule has 0 saturated heterocycles. The summed E-state index contributed by atoms with van der Waals surface area (Å²) in [5.74, 6) is 1.15. The van der Waals surface area contributed by atoms with E-state index in [1.54, 1.807) is 7.11 Å². The first-order valence-electron chi connectivity index (χ1n) is 9.77. The molecule has 148 valence electrons. The zero-order chi connectivity index (χ0) is 20.4. The summed E-state index contributed by atoms with van der Waals surface area (Å²) in [5.41, 5.74) is 4.73. The molecule has 0 atom stereocenters. The molecule has 2 aromatic heterocycles. The first-order chi connectivity index (χ1) is 14.1. The minimum absolute atomic E-state index is 0.177. The van der Waals surface area contributed by atoms with E-state index in [0.29, 0.717) is 11.4 Å². The monoisotopic (exact) mass is 388 g/mol. The average molecular weight is 388 g/mol. The molecule has 0 aliphatic carbocycles. The molecular formula is C23H24N4O2. The molecule has 0 radical (unpaired) electrons. The number of methoxy groups -OCH3 is 1. The van der Waals surface area contributed by atoms with Crippen LogP contribution in [0.2, 0.25) is 0 Å². The van der Waals surface area contributed by atoms with E-state index in [1.165, 1.54) is 5.56 Å². The Kier molecular flexibility index (Phi) is 5.08. The molecule has 0 fully saturated rings. The number of hydrogen-bond donors (Lipinski definition) is 2. The third kappa shape index (κ3) is 3.49. The van der Waals surface area contributed by atoms with Gasteiger partial charge >= 0.3 is 0 Å². The van der Waals surface area contributed by atoms with Gasteiger partial charge in [-0.2, -0.15) is 5.10 Å². The fourth-order valence-electron chi connectivity index (χ4n) is 3.60. The molecule has 6 heteroatoms. The smallest absolute Gasteiger partial charge is 0.256 e. The number of aromatic nitrogens is 3. The summed E-state index contributed by atoms with van der Waals surface area (Å²) in [6.07, 6.45) is 0.945. The van der Waals surface area contributed by atoms with Gasteiger partial charge in [-0.25, -0.2) is 0 Å². The predicted molar refractivity (Wildman–Crippen MR) is 116 cm³/mol. The number of carbonyl (C=O) groups excluding carboxylic acids is 1. The molecule has 0 unspecified atom stereocenters. The molecule has 0 spiro atoms. The van der Waals surface area contributed by atoms with Crippen LogP contribution >= 0.6 is 0 Å². The summed E-state index contributed by atoms with van der Waals surface area (Å²) in [4.78, 5) is 12.5. The summed E-state index contributed by atoms with van der Waals surface area (Å²) < 4.78 is 7.70. The van der Waals surface area contributed by atoms with Gasteiger partial charge in [0.05, 0.1) is 24.0 Å². The van der Waals surface area contributed by atoms with Crippen molar-refractivity contribution in [3.05, 3.63) is 65.7 Å². The summed E-state index contributed by atoms with van der Waals surface area (Å²) in [6, 6.07) is 17.6. The molecule has 0 saturated carbocycles. The minimum Gasteiger partial charge on any atom is -0.496 e. The predicted octanol–water partition coefficient (Wildman–Crippen LogP) is 4.87. The zero-order valence-corrected chi connectivity index (χ0v) is 16.8. The third-order valence-electron chi connectivity index (χ3n) is 5.16. The Hall–Kier alpha value is -3.54. The number of aryl methyl sites for hydroxylation is 2. The molecule has 1 amide bonds. The highest BCUT2D eigenvalue weighted by Crippen LogP contribution is 2.33. The summed E-state index contributed by atoms with van der Waals surface area (Å²) >= 11 is 0. The van der Waals surface area contributed by atoms with Crippen LogP contribution in [0.3, 0.4) is 0 Å². The van der Waals surface area contributed by atoms with Gasteiger partial charge in [0.15, 0.2) is 5.82 Å². The molecule has 0 bridgehead atoms. The Labute approximate surface area is 169 Å². The summed E-state index contributed by atoms with van der Waals surface area (Å²) in [5, 5.41) is 11.2. The number of aromatic amines is 1. The number of anilines is 1. The molecule has 29 heavy (non-hydrogen) atoms. The highest BCUT2D eigenvalue weighted by atomic mass is 16.5. The Balaban J connectivity index is 1.62. The van der Waals surface area contributed by atoms with Gasteiger partial charge in [0, 0.05) is 23.6 Å². The SMILES string of the molecule is CCc1ccc(C(=O)Nc2cc(-c3cc4c(OC)cccc4n3CC)[nH]n2)cc1. The molecule has 4 rings (SSSR count). The summed E-state index contributed by atoms with van der Waals surface area (Å²) in [6.45, 7) is 4.99. The second kappa shape index (κ2) is 7.83. The first-order valence-corrected chi connectivity index (χ1v) is 9.77. The second-order valence-electron chi connectivity index (χ2n) is 6.84. The maximum absolute atomic E-state index is 12.5. The van der Waals surface area contributed by atoms with E-state index in [9.17, 15) is 4.79 Å². The van der Waals surface area contributed by atoms with Gasteiger partial charge in [0.1, 0.15) is 5.75 Å². The lowest BCUT2D eigenvalue weighted by molar-refractivity contribution is 0.102. The van der Waals surface area contributed by atoms with E-state index in [-0.39, 0.29) is 5.91 Å². The highest BCUT2D eigenvalue weighted by molar-refractivity contribution is 6.04. The van der Waals surface area contributed by atoms with E-state index in [1.807, 2.05) is 42.5 Å². The van der Waals surface area contributed by atoms with Crippen LogP contribution in [0, 0.1) is 0 Å². The number of benzene rings is 2. The number of carbonyl (C=O) groups is 1. The molecule has 0 aliphatic rings. The lowest BCUT2D eigenvalue weighted by atomic mass is 10.1. The minimum atomic E-state index is -0.177. The van der Waals surface area contributed by atoms with Crippen molar-refractivity contribution in [1.29, 1.82) is 0 Å². The standard InChI is InChI=1S/C23H24N4O2/c1-4-15-9-11-16(12-10-15)23(28)24-22-14-18(25-26-22)20-13-17-19(27(20)5-2)7-6-8-21(17)29-3/h6-14H,4-5H2,1-3H3,(H2,24,25,26,28). The molecule has 6 nitrogen and oxygen atoms in total. The van der Waals surface area contributed by atoms with Crippen molar-refractivity contribution < 1.29 is 9.53 Å². The van der Waals surface area contributed by atoms with Gasteiger partial charge in [-0.3, -0.25) is 9.89 Å². The Bertz CT molecular complexity index is 1160. The quantitative estimate of drug-likeness (QED) is 0.495. The van der Waals surface area contributed by atoms with Crippen molar-refractivity contribution in [2.75, 3.05) is 12.4 Å². The average Bonchev–Trinajstić information content (AvgIpc) is 3.37. The van der Waals surface area contributed by atoms with E-state index in [0.717, 1.165) is 41.0 Å². The van der Waals surface area contributed by atoms with Gasteiger partial charge in [-0.15, -0.1) is 0 Å². The zero-order valence-electron chi connectivity index (χ0n) is 16.8. The normalized spacial score (nSPS) is 11.0. The highest BCUT2D eigenvalue weighted by Gasteiger charge is 2.15. The maximum Gasteiger partial charge on any atom is 0.256 e. The lowest BCUT2D eigenvalue weighted by Gasteiger charge is -2.06. The molecule has 2 aromatic carbocycles. The number of H-pyrrole nitrogens is 1. The van der Waals surface area contributed by atoms with Crippen LogP contribution in [0.15, 0.2) is 54.6 Å². The van der Waals surface area contributed by atoms with Crippen molar-refractivity contribution in [3.63, 3.8) is 0 Å². The summed E-state index contributed by atoms with van der Waals surface area (Å²) in [7, 11) is 1.68. The first kappa shape index (κ1) is 18.8. The lowest BCUT2D eigenvalue weighted by Crippen LogP contribution is -2.12. The van der Waals surface area contributed by atoms with Crippen LogP contribution in [0.1, 0.15) is 29.8 Å². The number of hydrogen-bond acceptors (Lipinski definition) is 3. The molecule has 0 aliphatic heterocycles. The van der Waals surface area contributed by atoms with Crippen molar-refractivity contribution >= 4 is 22.6 Å². The fraction of sp³-hybridized carbons (Fsp3) is 0.217. The molecule has 2 heterocycles. The van der Waals surface area contributed by atoms with Crippen LogP contribution in [0.4, 0.5) is 5.82 Å². The largest absolute Gasteiger partial charge is 0.496 e.